The molecule has 0 aromatic carbocycles. The van der Waals surface area contributed by atoms with Crippen LogP contribution in [-0.2, 0) is 4.74 Å². The van der Waals surface area contributed by atoms with E-state index in [-0.39, 0.29) is 0 Å². The molecule has 0 bridgehead atoms. The fraction of sp³-hybridized carbons (Fsp3) is 0.692. The number of allylic oxidation sites excluding steroid dienone is 1. The topological polar surface area (TPSA) is 9.23 Å². The van der Waals surface area contributed by atoms with E-state index in [1.54, 1.807) is 6.08 Å². The number of unbranched alkanes of at least 4 members (excludes halogenated alkanes) is 6. The normalized spacial score (nSPS) is 9.79. The molecule has 0 heterocycles. The SMILES string of the molecule is C=CC(=C)OCCCCCCCCC. The van der Waals surface area contributed by atoms with E-state index in [4.69, 9.17) is 4.74 Å². The van der Waals surface area contributed by atoms with Gasteiger partial charge in [0.1, 0.15) is 5.76 Å². The summed E-state index contributed by atoms with van der Waals surface area (Å²) in [6.45, 7) is 10.3. The van der Waals surface area contributed by atoms with Gasteiger partial charge < -0.3 is 4.74 Å². The van der Waals surface area contributed by atoms with Crippen molar-refractivity contribution < 1.29 is 4.74 Å². The maximum atomic E-state index is 5.31. The second-order valence-electron chi connectivity index (χ2n) is 3.64. The van der Waals surface area contributed by atoms with Crippen molar-refractivity contribution >= 4 is 0 Å². The van der Waals surface area contributed by atoms with E-state index in [1.165, 1.54) is 38.5 Å². The van der Waals surface area contributed by atoms with Crippen molar-refractivity contribution in [1.29, 1.82) is 0 Å². The van der Waals surface area contributed by atoms with Crippen LogP contribution >= 0.6 is 0 Å². The molecule has 0 aromatic heterocycles. The summed E-state index contributed by atoms with van der Waals surface area (Å²) in [6, 6.07) is 0. The van der Waals surface area contributed by atoms with Crippen LogP contribution in [0.3, 0.4) is 0 Å². The molecule has 0 radical (unpaired) electrons. The Kier molecular flexibility index (Phi) is 9.83. The van der Waals surface area contributed by atoms with Crippen LogP contribution in [0.2, 0.25) is 0 Å². The van der Waals surface area contributed by atoms with E-state index >= 15 is 0 Å². The minimum atomic E-state index is 0.691. The molecule has 0 aliphatic rings. The maximum absolute atomic E-state index is 5.31. The Hall–Kier alpha value is -0.720. The van der Waals surface area contributed by atoms with Gasteiger partial charge in [0.05, 0.1) is 6.61 Å². The quantitative estimate of drug-likeness (QED) is 0.285. The standard InChI is InChI=1S/C13H24O/c1-4-6-7-8-9-10-11-12-14-13(3)5-2/h5H,2-4,6-12H2,1H3. The van der Waals surface area contributed by atoms with E-state index in [2.05, 4.69) is 20.1 Å². The summed E-state index contributed by atoms with van der Waals surface area (Å²) >= 11 is 0. The zero-order chi connectivity index (χ0) is 10.6. The van der Waals surface area contributed by atoms with Gasteiger partial charge in [-0.1, -0.05) is 58.6 Å². The van der Waals surface area contributed by atoms with Crippen molar-refractivity contribution in [3.8, 4) is 0 Å². The van der Waals surface area contributed by atoms with Gasteiger partial charge >= 0.3 is 0 Å². The van der Waals surface area contributed by atoms with Crippen LogP contribution in [0, 0.1) is 0 Å². The molecule has 82 valence electrons. The molecule has 1 heteroatoms. The molecule has 0 atom stereocenters. The van der Waals surface area contributed by atoms with Crippen LogP contribution in [0.1, 0.15) is 51.9 Å². The zero-order valence-electron chi connectivity index (χ0n) is 9.56. The predicted octanol–water partition coefficient (Wildman–Crippen LogP) is 4.45. The fourth-order valence-electron chi connectivity index (χ4n) is 1.32. The van der Waals surface area contributed by atoms with E-state index in [1.807, 2.05) is 0 Å². The van der Waals surface area contributed by atoms with Gasteiger partial charge in [-0.3, -0.25) is 0 Å². The molecular weight excluding hydrogens is 172 g/mol. The lowest BCUT2D eigenvalue weighted by molar-refractivity contribution is 0.218. The second-order valence-corrected chi connectivity index (χ2v) is 3.64. The van der Waals surface area contributed by atoms with Gasteiger partial charge in [-0.15, -0.1) is 0 Å². The number of rotatable bonds is 10. The lowest BCUT2D eigenvalue weighted by atomic mass is 10.1. The molecule has 0 saturated carbocycles. The van der Waals surface area contributed by atoms with Crippen LogP contribution < -0.4 is 0 Å². The molecule has 14 heavy (non-hydrogen) atoms. The van der Waals surface area contributed by atoms with E-state index in [0.717, 1.165) is 13.0 Å². The number of ether oxygens (including phenoxy) is 1. The summed E-state index contributed by atoms with van der Waals surface area (Å²) in [5, 5.41) is 0. The number of hydrogen-bond donors (Lipinski definition) is 0. The second kappa shape index (κ2) is 10.4. The predicted molar refractivity (Wildman–Crippen MR) is 63.3 cm³/mol. The average molecular weight is 196 g/mol. The van der Waals surface area contributed by atoms with Crippen molar-refractivity contribution in [2.45, 2.75) is 51.9 Å². The first-order valence-corrected chi connectivity index (χ1v) is 5.75. The zero-order valence-corrected chi connectivity index (χ0v) is 9.56. The molecule has 0 spiro atoms. The van der Waals surface area contributed by atoms with Crippen LogP contribution in [0.5, 0.6) is 0 Å². The van der Waals surface area contributed by atoms with Gasteiger partial charge in [0.25, 0.3) is 0 Å². The largest absolute Gasteiger partial charge is 0.494 e. The highest BCUT2D eigenvalue weighted by Gasteiger charge is 1.91. The highest BCUT2D eigenvalue weighted by atomic mass is 16.5. The molecule has 0 N–H and O–H groups in total. The third-order valence-corrected chi connectivity index (χ3v) is 2.26. The van der Waals surface area contributed by atoms with Gasteiger partial charge in [0.2, 0.25) is 0 Å². The Morgan fingerprint density at radius 1 is 1.07 bits per heavy atom. The average Bonchev–Trinajstić information content (AvgIpc) is 2.21. The minimum absolute atomic E-state index is 0.691. The molecule has 0 amide bonds. The molecule has 1 nitrogen and oxygen atoms in total. The Morgan fingerprint density at radius 3 is 2.21 bits per heavy atom. The molecular formula is C13H24O. The van der Waals surface area contributed by atoms with E-state index < -0.39 is 0 Å². The monoisotopic (exact) mass is 196 g/mol. The lowest BCUT2D eigenvalue weighted by Gasteiger charge is -2.04. The summed E-state index contributed by atoms with van der Waals surface area (Å²) in [5.74, 6) is 0.691. The molecule has 0 aliphatic carbocycles. The van der Waals surface area contributed by atoms with E-state index in [0.29, 0.717) is 5.76 Å². The molecule has 0 unspecified atom stereocenters. The maximum Gasteiger partial charge on any atom is 0.111 e. The van der Waals surface area contributed by atoms with Gasteiger partial charge in [0.15, 0.2) is 0 Å². The van der Waals surface area contributed by atoms with Crippen molar-refractivity contribution in [1.82, 2.24) is 0 Å². The summed E-state index contributed by atoms with van der Waals surface area (Å²) in [6.07, 6.45) is 10.9. The van der Waals surface area contributed by atoms with Gasteiger partial charge in [-0.25, -0.2) is 0 Å². The Labute approximate surface area is 88.9 Å². The summed E-state index contributed by atoms with van der Waals surface area (Å²) in [5.41, 5.74) is 0. The van der Waals surface area contributed by atoms with E-state index in [9.17, 15) is 0 Å². The van der Waals surface area contributed by atoms with Crippen LogP contribution in [0.4, 0.5) is 0 Å². The van der Waals surface area contributed by atoms with Gasteiger partial charge in [0, 0.05) is 0 Å². The summed E-state index contributed by atoms with van der Waals surface area (Å²) < 4.78 is 5.31. The van der Waals surface area contributed by atoms with Gasteiger partial charge in [-0.2, -0.15) is 0 Å². The Balaban J connectivity index is 2.99. The third-order valence-electron chi connectivity index (χ3n) is 2.26. The smallest absolute Gasteiger partial charge is 0.111 e. The van der Waals surface area contributed by atoms with Crippen molar-refractivity contribution in [2.75, 3.05) is 6.61 Å². The fourth-order valence-corrected chi connectivity index (χ4v) is 1.32. The van der Waals surface area contributed by atoms with Crippen LogP contribution in [0.15, 0.2) is 25.0 Å². The molecule has 0 aliphatic heterocycles. The molecule has 0 fully saturated rings. The van der Waals surface area contributed by atoms with Crippen LogP contribution in [-0.4, -0.2) is 6.61 Å². The lowest BCUT2D eigenvalue weighted by Crippen LogP contribution is -1.92. The molecule has 0 saturated heterocycles. The third kappa shape index (κ3) is 9.37. The highest BCUT2D eigenvalue weighted by Crippen LogP contribution is 2.07. The molecule has 0 rings (SSSR count). The van der Waals surface area contributed by atoms with Crippen LogP contribution in [0.25, 0.3) is 0 Å². The first kappa shape index (κ1) is 13.3. The van der Waals surface area contributed by atoms with Gasteiger partial charge in [-0.05, 0) is 12.5 Å². The summed E-state index contributed by atoms with van der Waals surface area (Å²) in [7, 11) is 0. The highest BCUT2D eigenvalue weighted by molar-refractivity contribution is 5.01. The van der Waals surface area contributed by atoms with Crippen molar-refractivity contribution in [3.05, 3.63) is 25.0 Å². The molecule has 0 aromatic rings. The van der Waals surface area contributed by atoms with Crippen molar-refractivity contribution in [2.24, 2.45) is 0 Å². The minimum Gasteiger partial charge on any atom is -0.494 e. The first-order valence-electron chi connectivity index (χ1n) is 5.75. The first-order chi connectivity index (χ1) is 6.81. The Bertz CT molecular complexity index is 149. The number of hydrogen-bond acceptors (Lipinski definition) is 1. The summed E-state index contributed by atoms with van der Waals surface area (Å²) in [4.78, 5) is 0. The van der Waals surface area contributed by atoms with Crippen molar-refractivity contribution in [3.63, 3.8) is 0 Å². The Morgan fingerprint density at radius 2 is 1.64 bits per heavy atom.